The zero-order valence-electron chi connectivity index (χ0n) is 11.3. The van der Waals surface area contributed by atoms with Gasteiger partial charge in [0.1, 0.15) is 17.2 Å². The Balaban J connectivity index is 1.83. The van der Waals surface area contributed by atoms with E-state index in [2.05, 4.69) is 20.5 Å². The first-order valence-corrected chi connectivity index (χ1v) is 6.42. The number of nitrogens with zero attached hydrogens (tertiary/aromatic N) is 2. The fraction of sp³-hybridized carbons (Fsp3) is 0. The second-order valence-electron chi connectivity index (χ2n) is 4.56. The summed E-state index contributed by atoms with van der Waals surface area (Å²) >= 11 is 0. The number of hydrogen-bond donors (Lipinski definition) is 4. The highest BCUT2D eigenvalue weighted by Gasteiger charge is 2.13. The van der Waals surface area contributed by atoms with Gasteiger partial charge in [-0.05, 0) is 30.3 Å². The van der Waals surface area contributed by atoms with Crippen molar-refractivity contribution >= 4 is 11.6 Å². The number of anilines is 1. The van der Waals surface area contributed by atoms with Crippen LogP contribution in [0.4, 0.5) is 5.69 Å². The summed E-state index contributed by atoms with van der Waals surface area (Å²) in [6.07, 6.45) is 3.14. The highest BCUT2D eigenvalue weighted by atomic mass is 16.3. The lowest BCUT2D eigenvalue weighted by Gasteiger charge is -2.02. The topological polar surface area (TPSA) is 111 Å². The molecular weight excluding hydrogens is 284 g/mol. The van der Waals surface area contributed by atoms with Gasteiger partial charge in [-0.3, -0.25) is 14.9 Å². The van der Waals surface area contributed by atoms with Gasteiger partial charge in [-0.15, -0.1) is 0 Å². The van der Waals surface area contributed by atoms with Crippen LogP contribution in [0.25, 0.3) is 11.3 Å². The highest BCUT2D eigenvalue weighted by molar-refractivity contribution is 6.03. The molecule has 1 amide bonds. The van der Waals surface area contributed by atoms with Gasteiger partial charge in [0.25, 0.3) is 5.91 Å². The van der Waals surface area contributed by atoms with Crippen molar-refractivity contribution in [2.75, 3.05) is 5.32 Å². The molecule has 1 aromatic carbocycles. The standard InChI is InChI=1S/C15H12N4O3/c20-10-3-4-11(14(21)6-10)12-7-13(19-18-12)15(22)17-9-2-1-5-16-8-9/h1-8,20-21H,(H,17,22)(H,18,19). The minimum absolute atomic E-state index is 0.0497. The molecule has 4 N–H and O–H groups in total. The Labute approximate surface area is 125 Å². The average molecular weight is 296 g/mol. The number of aromatic amines is 1. The van der Waals surface area contributed by atoms with E-state index in [1.54, 1.807) is 18.3 Å². The van der Waals surface area contributed by atoms with Gasteiger partial charge in [0.05, 0.1) is 17.6 Å². The Bertz CT molecular complexity index is 815. The zero-order valence-corrected chi connectivity index (χ0v) is 11.3. The Morgan fingerprint density at radius 1 is 1.18 bits per heavy atom. The predicted molar refractivity (Wildman–Crippen MR) is 79.5 cm³/mol. The van der Waals surface area contributed by atoms with Crippen molar-refractivity contribution < 1.29 is 15.0 Å². The lowest BCUT2D eigenvalue weighted by atomic mass is 10.1. The summed E-state index contributed by atoms with van der Waals surface area (Å²) in [5.41, 5.74) is 1.62. The van der Waals surface area contributed by atoms with Crippen LogP contribution in [0.1, 0.15) is 10.5 Å². The fourth-order valence-electron chi connectivity index (χ4n) is 1.95. The summed E-state index contributed by atoms with van der Waals surface area (Å²) in [5.74, 6) is -0.540. The minimum atomic E-state index is -0.370. The fourth-order valence-corrected chi connectivity index (χ4v) is 1.95. The number of carbonyl (C=O) groups excluding carboxylic acids is 1. The van der Waals surface area contributed by atoms with E-state index >= 15 is 0 Å². The Morgan fingerprint density at radius 2 is 2.05 bits per heavy atom. The molecule has 7 nitrogen and oxygen atoms in total. The van der Waals surface area contributed by atoms with Gasteiger partial charge in [0.2, 0.25) is 0 Å². The minimum Gasteiger partial charge on any atom is -0.508 e. The number of pyridine rings is 1. The van der Waals surface area contributed by atoms with E-state index < -0.39 is 0 Å². The van der Waals surface area contributed by atoms with Gasteiger partial charge in [0.15, 0.2) is 0 Å². The van der Waals surface area contributed by atoms with Gasteiger partial charge < -0.3 is 15.5 Å². The summed E-state index contributed by atoms with van der Waals surface area (Å²) in [4.78, 5) is 16.0. The molecule has 0 aliphatic heterocycles. The third-order valence-electron chi connectivity index (χ3n) is 3.00. The van der Waals surface area contributed by atoms with E-state index in [1.165, 1.54) is 30.5 Å². The second kappa shape index (κ2) is 5.57. The summed E-state index contributed by atoms with van der Waals surface area (Å²) in [7, 11) is 0. The van der Waals surface area contributed by atoms with Gasteiger partial charge in [-0.25, -0.2) is 0 Å². The first-order chi connectivity index (χ1) is 10.6. The highest BCUT2D eigenvalue weighted by Crippen LogP contribution is 2.31. The van der Waals surface area contributed by atoms with Gasteiger partial charge in [-0.2, -0.15) is 5.10 Å². The van der Waals surface area contributed by atoms with Crippen molar-refractivity contribution in [3.05, 3.63) is 54.5 Å². The van der Waals surface area contributed by atoms with E-state index in [9.17, 15) is 15.0 Å². The molecule has 0 unspecified atom stereocenters. The molecular formula is C15H12N4O3. The first kappa shape index (κ1) is 13.6. The molecule has 7 heteroatoms. The van der Waals surface area contributed by atoms with Crippen LogP contribution in [-0.4, -0.2) is 31.3 Å². The molecule has 0 saturated heterocycles. The number of aromatic nitrogens is 3. The zero-order chi connectivity index (χ0) is 15.5. The number of phenols is 2. The van der Waals surface area contributed by atoms with Gasteiger partial charge >= 0.3 is 0 Å². The number of nitrogens with one attached hydrogen (secondary N) is 2. The molecule has 0 spiro atoms. The number of amides is 1. The number of H-pyrrole nitrogens is 1. The molecule has 110 valence electrons. The lowest BCUT2D eigenvalue weighted by molar-refractivity contribution is 0.102. The maximum Gasteiger partial charge on any atom is 0.273 e. The van der Waals surface area contributed by atoms with Crippen LogP contribution >= 0.6 is 0 Å². The third-order valence-corrected chi connectivity index (χ3v) is 3.00. The summed E-state index contributed by atoms with van der Waals surface area (Å²) in [5, 5.41) is 28.4. The van der Waals surface area contributed by atoms with Crippen LogP contribution in [0.2, 0.25) is 0 Å². The molecule has 22 heavy (non-hydrogen) atoms. The van der Waals surface area contributed by atoms with Crippen molar-refractivity contribution in [2.45, 2.75) is 0 Å². The molecule has 3 rings (SSSR count). The van der Waals surface area contributed by atoms with Crippen LogP contribution in [-0.2, 0) is 0 Å². The number of phenolic OH excluding ortho intramolecular Hbond substituents is 2. The van der Waals surface area contributed by atoms with E-state index in [-0.39, 0.29) is 23.1 Å². The average Bonchev–Trinajstić information content (AvgIpc) is 2.98. The van der Waals surface area contributed by atoms with E-state index in [4.69, 9.17) is 0 Å². The van der Waals surface area contributed by atoms with Crippen molar-refractivity contribution in [1.29, 1.82) is 0 Å². The number of rotatable bonds is 3. The summed E-state index contributed by atoms with van der Waals surface area (Å²) in [6, 6.07) is 9.09. The second-order valence-corrected chi connectivity index (χ2v) is 4.56. The molecule has 0 aliphatic rings. The summed E-state index contributed by atoms with van der Waals surface area (Å²) in [6.45, 7) is 0. The number of benzene rings is 1. The molecule has 0 bridgehead atoms. The molecule has 0 radical (unpaired) electrons. The quantitative estimate of drug-likeness (QED) is 0.591. The van der Waals surface area contributed by atoms with Crippen molar-refractivity contribution in [2.24, 2.45) is 0 Å². The first-order valence-electron chi connectivity index (χ1n) is 6.42. The number of aromatic hydroxyl groups is 2. The van der Waals surface area contributed by atoms with Crippen molar-refractivity contribution in [3.63, 3.8) is 0 Å². The van der Waals surface area contributed by atoms with E-state index in [1.807, 2.05) is 0 Å². The third kappa shape index (κ3) is 2.73. The SMILES string of the molecule is O=C(Nc1cccnc1)c1cc(-c2ccc(O)cc2O)n[nH]1. The molecule has 0 atom stereocenters. The number of hydrogen-bond acceptors (Lipinski definition) is 5. The normalized spacial score (nSPS) is 10.4. The van der Waals surface area contributed by atoms with Crippen LogP contribution < -0.4 is 5.32 Å². The Hall–Kier alpha value is -3.35. The van der Waals surface area contributed by atoms with Crippen LogP contribution in [0.15, 0.2) is 48.8 Å². The molecule has 0 aliphatic carbocycles. The Kier molecular flexibility index (Phi) is 3.45. The van der Waals surface area contributed by atoms with E-state index in [0.29, 0.717) is 16.9 Å². The largest absolute Gasteiger partial charge is 0.508 e. The van der Waals surface area contributed by atoms with E-state index in [0.717, 1.165) is 0 Å². The molecule has 3 aromatic rings. The maximum atomic E-state index is 12.1. The monoisotopic (exact) mass is 296 g/mol. The van der Waals surface area contributed by atoms with Crippen LogP contribution in [0.5, 0.6) is 11.5 Å². The smallest absolute Gasteiger partial charge is 0.273 e. The molecule has 0 fully saturated rings. The Morgan fingerprint density at radius 3 is 2.77 bits per heavy atom. The van der Waals surface area contributed by atoms with Crippen molar-refractivity contribution in [3.8, 4) is 22.8 Å². The predicted octanol–water partition coefficient (Wildman–Crippen LogP) is 2.14. The molecule has 0 saturated carbocycles. The summed E-state index contributed by atoms with van der Waals surface area (Å²) < 4.78 is 0. The molecule has 2 heterocycles. The molecule has 2 aromatic heterocycles. The number of carbonyl (C=O) groups is 1. The van der Waals surface area contributed by atoms with Gasteiger partial charge in [-0.1, -0.05) is 0 Å². The van der Waals surface area contributed by atoms with Crippen LogP contribution in [0, 0.1) is 0 Å². The van der Waals surface area contributed by atoms with Gasteiger partial charge in [0, 0.05) is 17.8 Å². The maximum absolute atomic E-state index is 12.1. The van der Waals surface area contributed by atoms with Crippen LogP contribution in [0.3, 0.4) is 0 Å². The van der Waals surface area contributed by atoms with Crippen molar-refractivity contribution in [1.82, 2.24) is 15.2 Å². The lowest BCUT2D eigenvalue weighted by Crippen LogP contribution is -2.12.